The number of hydrogen-bond acceptors (Lipinski definition) is 4. The van der Waals surface area contributed by atoms with E-state index in [4.69, 9.17) is 9.47 Å². The molecule has 0 N–H and O–H groups in total. The Kier molecular flexibility index (Phi) is 5.51. The van der Waals surface area contributed by atoms with Crippen LogP contribution in [0.2, 0.25) is 0 Å². The number of nitrogens with zero attached hydrogens (tertiary/aromatic N) is 2. The number of carbonyl (C=O) groups excluding carboxylic acids is 1. The molecule has 2 rings (SSSR count). The van der Waals surface area contributed by atoms with Crippen molar-refractivity contribution in [3.05, 3.63) is 0 Å². The van der Waals surface area contributed by atoms with Crippen LogP contribution in [-0.2, 0) is 14.3 Å². The highest BCUT2D eigenvalue weighted by Crippen LogP contribution is 2.25. The molecule has 2 aliphatic rings. The van der Waals surface area contributed by atoms with Gasteiger partial charge in [-0.15, -0.1) is 0 Å². The molecule has 128 valence electrons. The Morgan fingerprint density at radius 3 is 2.27 bits per heavy atom. The first kappa shape index (κ1) is 17.7. The van der Waals surface area contributed by atoms with Crippen LogP contribution in [0.15, 0.2) is 0 Å². The van der Waals surface area contributed by atoms with Crippen molar-refractivity contribution < 1.29 is 14.3 Å². The summed E-state index contributed by atoms with van der Waals surface area (Å²) in [6, 6.07) is 0.503. The SMILES string of the molecule is CN(CC1(C)OCCO1)C1CCN(C(=O)CC(C)(C)C)CC1. The predicted molar refractivity (Wildman–Crippen MR) is 86.6 cm³/mol. The first-order chi connectivity index (χ1) is 10.2. The Morgan fingerprint density at radius 1 is 1.23 bits per heavy atom. The zero-order valence-corrected chi connectivity index (χ0v) is 14.9. The highest BCUT2D eigenvalue weighted by atomic mass is 16.7. The molecular formula is C17H32N2O3. The van der Waals surface area contributed by atoms with Gasteiger partial charge in [0.25, 0.3) is 0 Å². The van der Waals surface area contributed by atoms with Crippen LogP contribution < -0.4 is 0 Å². The summed E-state index contributed by atoms with van der Waals surface area (Å²) in [6.07, 6.45) is 2.69. The van der Waals surface area contributed by atoms with Crippen molar-refractivity contribution in [3.63, 3.8) is 0 Å². The summed E-state index contributed by atoms with van der Waals surface area (Å²) in [7, 11) is 2.13. The van der Waals surface area contributed by atoms with Crippen LogP contribution in [0, 0.1) is 5.41 Å². The molecule has 2 heterocycles. The zero-order chi connectivity index (χ0) is 16.4. The van der Waals surface area contributed by atoms with Gasteiger partial charge in [0, 0.05) is 25.6 Å². The largest absolute Gasteiger partial charge is 0.347 e. The average Bonchev–Trinajstić information content (AvgIpc) is 2.83. The second-order valence-corrected chi connectivity index (χ2v) is 8.10. The molecule has 0 saturated carbocycles. The third-order valence-electron chi connectivity index (χ3n) is 4.56. The van der Waals surface area contributed by atoms with Crippen molar-refractivity contribution in [2.24, 2.45) is 5.41 Å². The molecule has 0 atom stereocenters. The van der Waals surface area contributed by atoms with E-state index in [9.17, 15) is 4.79 Å². The zero-order valence-electron chi connectivity index (χ0n) is 14.9. The topological polar surface area (TPSA) is 42.0 Å². The van der Waals surface area contributed by atoms with Crippen LogP contribution in [0.25, 0.3) is 0 Å². The van der Waals surface area contributed by atoms with Gasteiger partial charge in [-0.25, -0.2) is 0 Å². The third-order valence-corrected chi connectivity index (χ3v) is 4.56. The standard InChI is InChI=1S/C17H32N2O3/c1-16(2,3)12-15(20)19-8-6-14(7-9-19)18(5)13-17(4)21-10-11-22-17/h14H,6-13H2,1-5H3. The van der Waals surface area contributed by atoms with Gasteiger partial charge in [0.15, 0.2) is 5.79 Å². The molecule has 0 aromatic carbocycles. The molecule has 0 radical (unpaired) electrons. The maximum absolute atomic E-state index is 12.3. The molecule has 0 unspecified atom stereocenters. The minimum absolute atomic E-state index is 0.0659. The summed E-state index contributed by atoms with van der Waals surface area (Å²) in [5.74, 6) is -0.170. The summed E-state index contributed by atoms with van der Waals surface area (Å²) in [4.78, 5) is 16.7. The van der Waals surface area contributed by atoms with E-state index in [0.29, 0.717) is 31.6 Å². The van der Waals surface area contributed by atoms with E-state index in [1.807, 2.05) is 11.8 Å². The summed E-state index contributed by atoms with van der Waals surface area (Å²) in [6.45, 7) is 12.3. The van der Waals surface area contributed by atoms with Crippen LogP contribution in [0.4, 0.5) is 0 Å². The number of piperidine rings is 1. The highest BCUT2D eigenvalue weighted by molar-refractivity contribution is 5.76. The molecule has 2 aliphatic heterocycles. The average molecular weight is 312 g/mol. The molecule has 0 aromatic rings. The van der Waals surface area contributed by atoms with Gasteiger partial charge in [-0.1, -0.05) is 20.8 Å². The smallest absolute Gasteiger partial charge is 0.223 e. The lowest BCUT2D eigenvalue weighted by Crippen LogP contribution is -2.50. The Balaban J connectivity index is 1.78. The molecule has 1 amide bonds. The van der Waals surface area contributed by atoms with Gasteiger partial charge in [0.05, 0.1) is 19.8 Å². The van der Waals surface area contributed by atoms with Crippen molar-refractivity contribution in [2.45, 2.75) is 58.8 Å². The van der Waals surface area contributed by atoms with E-state index in [-0.39, 0.29) is 5.41 Å². The molecule has 0 aromatic heterocycles. The van der Waals surface area contributed by atoms with Crippen LogP contribution in [-0.4, -0.2) is 67.4 Å². The molecule has 2 saturated heterocycles. The van der Waals surface area contributed by atoms with Crippen molar-refractivity contribution in [3.8, 4) is 0 Å². The number of amides is 1. The molecular weight excluding hydrogens is 280 g/mol. The van der Waals surface area contributed by atoms with E-state index < -0.39 is 5.79 Å². The number of hydrogen-bond donors (Lipinski definition) is 0. The summed E-state index contributed by atoms with van der Waals surface area (Å²) >= 11 is 0. The van der Waals surface area contributed by atoms with Gasteiger partial charge >= 0.3 is 0 Å². The Bertz CT molecular complexity index is 378. The van der Waals surface area contributed by atoms with Crippen LogP contribution in [0.5, 0.6) is 0 Å². The summed E-state index contributed by atoms with van der Waals surface area (Å²) < 4.78 is 11.4. The maximum atomic E-state index is 12.3. The van der Waals surface area contributed by atoms with Gasteiger partial charge in [-0.05, 0) is 32.2 Å². The Morgan fingerprint density at radius 2 is 1.77 bits per heavy atom. The highest BCUT2D eigenvalue weighted by Gasteiger charge is 2.35. The van der Waals surface area contributed by atoms with Crippen molar-refractivity contribution in [1.29, 1.82) is 0 Å². The Hall–Kier alpha value is -0.650. The van der Waals surface area contributed by atoms with Crippen LogP contribution in [0.3, 0.4) is 0 Å². The number of rotatable bonds is 4. The van der Waals surface area contributed by atoms with Crippen molar-refractivity contribution in [1.82, 2.24) is 9.80 Å². The van der Waals surface area contributed by atoms with Crippen molar-refractivity contribution >= 4 is 5.91 Å². The number of likely N-dealkylation sites (tertiary alicyclic amines) is 1. The minimum atomic E-state index is -0.464. The van der Waals surface area contributed by atoms with Gasteiger partial charge in [0.1, 0.15) is 0 Å². The minimum Gasteiger partial charge on any atom is -0.347 e. The summed E-state index contributed by atoms with van der Waals surface area (Å²) in [5.41, 5.74) is 0.0659. The summed E-state index contributed by atoms with van der Waals surface area (Å²) in [5, 5.41) is 0. The second kappa shape index (κ2) is 6.85. The van der Waals surface area contributed by atoms with E-state index in [2.05, 4.69) is 32.7 Å². The van der Waals surface area contributed by atoms with Gasteiger partial charge in [-0.2, -0.15) is 0 Å². The van der Waals surface area contributed by atoms with Gasteiger partial charge < -0.3 is 14.4 Å². The number of carbonyl (C=O) groups is 1. The molecule has 0 aliphatic carbocycles. The molecule has 22 heavy (non-hydrogen) atoms. The van der Waals surface area contributed by atoms with E-state index in [1.165, 1.54) is 0 Å². The molecule has 5 nitrogen and oxygen atoms in total. The lowest BCUT2D eigenvalue weighted by molar-refractivity contribution is -0.159. The normalized spacial score (nSPS) is 23.3. The monoisotopic (exact) mass is 312 g/mol. The second-order valence-electron chi connectivity index (χ2n) is 8.10. The third kappa shape index (κ3) is 4.93. The molecule has 0 bridgehead atoms. The van der Waals surface area contributed by atoms with Gasteiger partial charge in [0.2, 0.25) is 5.91 Å². The van der Waals surface area contributed by atoms with Crippen LogP contribution >= 0.6 is 0 Å². The fourth-order valence-electron chi connectivity index (χ4n) is 3.35. The maximum Gasteiger partial charge on any atom is 0.223 e. The van der Waals surface area contributed by atoms with Gasteiger partial charge in [-0.3, -0.25) is 9.69 Å². The first-order valence-electron chi connectivity index (χ1n) is 8.44. The van der Waals surface area contributed by atoms with E-state index in [1.54, 1.807) is 0 Å². The fraction of sp³-hybridized carbons (Fsp3) is 0.941. The number of likely N-dealkylation sites (N-methyl/N-ethyl adjacent to an activating group) is 1. The van der Waals surface area contributed by atoms with Crippen LogP contribution in [0.1, 0.15) is 47.0 Å². The van der Waals surface area contributed by atoms with Crippen molar-refractivity contribution in [2.75, 3.05) is 39.9 Å². The first-order valence-corrected chi connectivity index (χ1v) is 8.44. The molecule has 2 fully saturated rings. The molecule has 5 heteroatoms. The molecule has 0 spiro atoms. The number of ether oxygens (including phenoxy) is 2. The van der Waals surface area contributed by atoms with E-state index in [0.717, 1.165) is 32.5 Å². The lowest BCUT2D eigenvalue weighted by Gasteiger charge is -2.39. The van der Waals surface area contributed by atoms with E-state index >= 15 is 0 Å². The lowest BCUT2D eigenvalue weighted by atomic mass is 9.91. The predicted octanol–water partition coefficient (Wildman–Crippen LogP) is 2.11. The Labute approximate surface area is 134 Å². The fourth-order valence-corrected chi connectivity index (χ4v) is 3.35. The quantitative estimate of drug-likeness (QED) is 0.797.